The van der Waals surface area contributed by atoms with Gasteiger partial charge in [0.1, 0.15) is 6.10 Å². The number of hydrogen-bond acceptors (Lipinski definition) is 8. The highest BCUT2D eigenvalue weighted by Gasteiger charge is 2.53. The van der Waals surface area contributed by atoms with Crippen LogP contribution in [0.5, 0.6) is 0 Å². The molecule has 4 N–H and O–H groups in total. The molecule has 4 atom stereocenters. The van der Waals surface area contributed by atoms with Crippen molar-refractivity contribution >= 4 is 34.8 Å². The summed E-state index contributed by atoms with van der Waals surface area (Å²) in [6.45, 7) is 3.39. The quantitative estimate of drug-likeness (QED) is 0.192. The van der Waals surface area contributed by atoms with Gasteiger partial charge in [0.25, 0.3) is 17.5 Å². The summed E-state index contributed by atoms with van der Waals surface area (Å²) in [6, 6.07) is 10.3. The molecule has 12 heteroatoms. The van der Waals surface area contributed by atoms with Gasteiger partial charge in [-0.25, -0.2) is 0 Å². The van der Waals surface area contributed by atoms with E-state index in [2.05, 4.69) is 5.32 Å². The SMILES string of the molecule is C[C@H](O)C(=O)Nc1cccc(CN2C(=O)[C@](O)([C@H](C)/C=C/CC(=O)N3CCC[C@H]3CO)c3cc([N+](=O)[O-])ccc32)c1. The minimum absolute atomic E-state index is 0.00320. The zero-order valence-electron chi connectivity index (χ0n) is 22.9. The third-order valence-corrected chi connectivity index (χ3v) is 7.66. The van der Waals surface area contributed by atoms with Crippen LogP contribution < -0.4 is 10.2 Å². The molecule has 0 aliphatic carbocycles. The second kappa shape index (κ2) is 12.2. The number of nitrogens with zero attached hydrogens (tertiary/aromatic N) is 3. The fourth-order valence-electron chi connectivity index (χ4n) is 5.37. The fourth-order valence-corrected chi connectivity index (χ4v) is 5.37. The Labute approximate surface area is 237 Å². The summed E-state index contributed by atoms with van der Waals surface area (Å²) in [4.78, 5) is 52.3. The predicted octanol–water partition coefficient (Wildman–Crippen LogP) is 2.21. The first-order valence-electron chi connectivity index (χ1n) is 13.5. The van der Waals surface area contributed by atoms with E-state index in [4.69, 9.17) is 0 Å². The van der Waals surface area contributed by atoms with Gasteiger partial charge in [-0.15, -0.1) is 0 Å². The summed E-state index contributed by atoms with van der Waals surface area (Å²) in [5.74, 6) is -2.30. The lowest BCUT2D eigenvalue weighted by Gasteiger charge is -2.28. The number of amides is 3. The van der Waals surface area contributed by atoms with Crippen molar-refractivity contribution in [1.82, 2.24) is 4.90 Å². The zero-order chi connectivity index (χ0) is 29.9. The van der Waals surface area contributed by atoms with Gasteiger partial charge in [-0.05, 0) is 43.5 Å². The van der Waals surface area contributed by atoms with Gasteiger partial charge < -0.3 is 30.4 Å². The number of nitro groups is 1. The zero-order valence-corrected chi connectivity index (χ0v) is 22.9. The first-order chi connectivity index (χ1) is 19.5. The number of aliphatic hydroxyl groups excluding tert-OH is 2. The summed E-state index contributed by atoms with van der Waals surface area (Å²) in [6.07, 6.45) is 3.47. The first-order valence-corrected chi connectivity index (χ1v) is 13.5. The van der Waals surface area contributed by atoms with Crippen LogP contribution in [0.1, 0.15) is 44.2 Å². The monoisotopic (exact) mass is 566 g/mol. The molecule has 218 valence electrons. The van der Waals surface area contributed by atoms with Gasteiger partial charge in [0.2, 0.25) is 5.91 Å². The molecule has 0 unspecified atom stereocenters. The molecular formula is C29H34N4O8. The number of rotatable bonds is 10. The molecule has 2 aliphatic rings. The van der Waals surface area contributed by atoms with Crippen LogP contribution in [0.25, 0.3) is 0 Å². The van der Waals surface area contributed by atoms with Crippen LogP contribution >= 0.6 is 0 Å². The van der Waals surface area contributed by atoms with Crippen LogP contribution in [0.4, 0.5) is 17.1 Å². The van der Waals surface area contributed by atoms with Crippen LogP contribution in [0.2, 0.25) is 0 Å². The Hall–Kier alpha value is -4.13. The van der Waals surface area contributed by atoms with Gasteiger partial charge in [-0.3, -0.25) is 24.5 Å². The Morgan fingerprint density at radius 2 is 2.00 bits per heavy atom. The summed E-state index contributed by atoms with van der Waals surface area (Å²) >= 11 is 0. The van der Waals surface area contributed by atoms with Crippen LogP contribution in [-0.4, -0.2) is 68.2 Å². The second-order valence-electron chi connectivity index (χ2n) is 10.5. The third kappa shape index (κ3) is 5.99. The molecule has 1 saturated heterocycles. The maximum Gasteiger partial charge on any atom is 0.269 e. The van der Waals surface area contributed by atoms with E-state index in [0.29, 0.717) is 23.5 Å². The second-order valence-corrected chi connectivity index (χ2v) is 10.5. The summed E-state index contributed by atoms with van der Waals surface area (Å²) < 4.78 is 0. The van der Waals surface area contributed by atoms with Gasteiger partial charge in [-0.2, -0.15) is 0 Å². The van der Waals surface area contributed by atoms with Crippen LogP contribution in [0.15, 0.2) is 54.6 Å². The molecule has 0 radical (unpaired) electrons. The maximum atomic E-state index is 13.8. The van der Waals surface area contributed by atoms with Gasteiger partial charge in [0.15, 0.2) is 5.60 Å². The molecular weight excluding hydrogens is 532 g/mol. The van der Waals surface area contributed by atoms with Gasteiger partial charge in [-0.1, -0.05) is 31.2 Å². The number of hydrogen-bond donors (Lipinski definition) is 4. The van der Waals surface area contributed by atoms with E-state index in [1.807, 2.05) is 0 Å². The van der Waals surface area contributed by atoms with E-state index in [0.717, 1.165) is 12.8 Å². The molecule has 2 aromatic carbocycles. The Kier molecular flexibility index (Phi) is 8.86. The average Bonchev–Trinajstić information content (AvgIpc) is 3.51. The molecule has 12 nitrogen and oxygen atoms in total. The Bertz CT molecular complexity index is 1380. The number of aliphatic hydroxyl groups is 3. The molecule has 0 spiro atoms. The molecule has 0 bridgehead atoms. The Balaban J connectivity index is 1.60. The van der Waals surface area contributed by atoms with E-state index in [1.54, 1.807) is 48.2 Å². The van der Waals surface area contributed by atoms with Crippen LogP contribution in [0.3, 0.4) is 0 Å². The van der Waals surface area contributed by atoms with Crippen LogP contribution in [-0.2, 0) is 26.5 Å². The molecule has 2 aromatic rings. The smallest absolute Gasteiger partial charge is 0.269 e. The highest BCUT2D eigenvalue weighted by Crippen LogP contribution is 2.47. The number of fused-ring (bicyclic) bond motifs is 1. The van der Waals surface area contributed by atoms with Crippen molar-refractivity contribution in [2.24, 2.45) is 5.92 Å². The van der Waals surface area contributed by atoms with Gasteiger partial charge in [0.05, 0.1) is 29.8 Å². The predicted molar refractivity (Wildman–Crippen MR) is 150 cm³/mol. The molecule has 41 heavy (non-hydrogen) atoms. The third-order valence-electron chi connectivity index (χ3n) is 7.66. The van der Waals surface area contributed by atoms with Crippen molar-refractivity contribution in [2.75, 3.05) is 23.4 Å². The van der Waals surface area contributed by atoms with E-state index in [9.17, 15) is 39.8 Å². The van der Waals surface area contributed by atoms with E-state index in [-0.39, 0.29) is 42.8 Å². The highest BCUT2D eigenvalue weighted by atomic mass is 16.6. The fraction of sp³-hybridized carbons (Fsp3) is 0.414. The molecule has 1 fully saturated rings. The molecule has 0 aromatic heterocycles. The topological polar surface area (TPSA) is 174 Å². The summed E-state index contributed by atoms with van der Waals surface area (Å²) in [5, 5.41) is 45.0. The minimum Gasteiger partial charge on any atom is -0.394 e. The average molecular weight is 567 g/mol. The molecule has 2 aliphatic heterocycles. The van der Waals surface area contributed by atoms with E-state index >= 15 is 0 Å². The van der Waals surface area contributed by atoms with Gasteiger partial charge >= 0.3 is 0 Å². The van der Waals surface area contributed by atoms with Crippen molar-refractivity contribution in [3.05, 3.63) is 75.9 Å². The largest absolute Gasteiger partial charge is 0.394 e. The number of carbonyl (C=O) groups excluding carboxylic acids is 3. The van der Waals surface area contributed by atoms with E-state index in [1.165, 1.54) is 30.0 Å². The first kappa shape index (κ1) is 29.8. The Morgan fingerprint density at radius 3 is 2.68 bits per heavy atom. The van der Waals surface area contributed by atoms with Crippen molar-refractivity contribution in [1.29, 1.82) is 0 Å². The lowest BCUT2D eigenvalue weighted by molar-refractivity contribution is -0.385. The minimum atomic E-state index is -2.14. The highest BCUT2D eigenvalue weighted by molar-refractivity contribution is 6.07. The number of nitro benzene ring substituents is 1. The standard InChI is InChI=1S/C29H34N4O8/c1-18(6-3-10-26(36)31-13-5-9-23(31)17-34)29(39)24-15-22(33(40)41)11-12-25(24)32(28(29)38)16-20-7-4-8-21(14-20)30-27(37)19(2)35/h3-4,6-8,11-12,14-15,18-19,23,34-35,39H,5,9-10,13,16-17H2,1-2H3,(H,30,37)/b6-3+/t18-,19+,23+,29+/m1/s1. The maximum absolute atomic E-state index is 13.8. The number of benzene rings is 2. The van der Waals surface area contributed by atoms with Crippen molar-refractivity contribution < 1.29 is 34.6 Å². The van der Waals surface area contributed by atoms with E-state index < -0.39 is 34.4 Å². The molecule has 3 amide bonds. The van der Waals surface area contributed by atoms with Crippen molar-refractivity contribution in [3.63, 3.8) is 0 Å². The number of likely N-dealkylation sites (tertiary alicyclic amines) is 1. The van der Waals surface area contributed by atoms with Crippen LogP contribution in [0, 0.1) is 16.0 Å². The lowest BCUT2D eigenvalue weighted by Crippen LogP contribution is -2.44. The number of non-ortho nitro benzene ring substituents is 1. The molecule has 0 saturated carbocycles. The molecule has 2 heterocycles. The number of carbonyl (C=O) groups is 3. The lowest BCUT2D eigenvalue weighted by atomic mass is 9.82. The number of nitrogens with one attached hydrogen (secondary N) is 1. The summed E-state index contributed by atoms with van der Waals surface area (Å²) in [7, 11) is 0. The number of anilines is 2. The molecule has 4 rings (SSSR count). The van der Waals surface area contributed by atoms with Gasteiger partial charge in [0, 0.05) is 42.3 Å². The van der Waals surface area contributed by atoms with Crippen molar-refractivity contribution in [3.8, 4) is 0 Å². The van der Waals surface area contributed by atoms with Crippen molar-refractivity contribution in [2.45, 2.75) is 57.4 Å². The Morgan fingerprint density at radius 1 is 1.24 bits per heavy atom. The summed E-state index contributed by atoms with van der Waals surface area (Å²) in [5.41, 5.74) is -1.02. The normalized spacial score (nSPS) is 21.7.